The highest BCUT2D eigenvalue weighted by Crippen LogP contribution is 2.30. The Morgan fingerprint density at radius 3 is 2.08 bits per heavy atom. The van der Waals surface area contributed by atoms with Gasteiger partial charge >= 0.3 is 5.97 Å². The van der Waals surface area contributed by atoms with Crippen molar-refractivity contribution in [2.75, 3.05) is 10.2 Å². The highest BCUT2D eigenvalue weighted by Gasteiger charge is 2.38. The number of Topliss-reactive ketones (excluding diaryl/α,β-unsaturated/α-hetero) is 1. The molecule has 0 saturated carbocycles. The molecule has 4 rings (SSSR count). The molecule has 0 bridgehead atoms. The first-order chi connectivity index (χ1) is 17.8. The van der Waals surface area contributed by atoms with Gasteiger partial charge in [0.1, 0.15) is 16.5 Å². The van der Waals surface area contributed by atoms with Gasteiger partial charge in [-0.3, -0.25) is 14.4 Å². The second kappa shape index (κ2) is 11.2. The van der Waals surface area contributed by atoms with E-state index in [9.17, 15) is 19.2 Å². The maximum Gasteiger partial charge on any atom is 0.343 e. The highest BCUT2D eigenvalue weighted by atomic mass is 35.5. The number of esters is 1. The zero-order valence-corrected chi connectivity index (χ0v) is 21.2. The monoisotopic (exact) mass is 516 g/mol. The van der Waals surface area contributed by atoms with Crippen molar-refractivity contribution in [3.05, 3.63) is 100 Å². The van der Waals surface area contributed by atoms with Crippen LogP contribution in [0.5, 0.6) is 5.75 Å². The number of carbonyl (C=O) groups is 4. The van der Waals surface area contributed by atoms with Crippen molar-refractivity contribution in [1.29, 1.82) is 0 Å². The summed E-state index contributed by atoms with van der Waals surface area (Å²) in [7, 11) is 0. The molecule has 3 aromatic carbocycles. The quantitative estimate of drug-likeness (QED) is 0.165. The van der Waals surface area contributed by atoms with Crippen molar-refractivity contribution in [2.45, 2.75) is 33.1 Å². The number of rotatable bonds is 9. The molecule has 0 aliphatic carbocycles. The third-order valence-corrected chi connectivity index (χ3v) is 6.25. The lowest BCUT2D eigenvalue weighted by Crippen LogP contribution is -2.32. The van der Waals surface area contributed by atoms with Gasteiger partial charge in [0.25, 0.3) is 11.8 Å². The van der Waals surface area contributed by atoms with Crippen molar-refractivity contribution >= 4 is 46.5 Å². The normalized spacial score (nSPS) is 13.2. The molecule has 0 saturated heterocycles. The summed E-state index contributed by atoms with van der Waals surface area (Å²) < 4.78 is 5.34. The molecule has 0 fully saturated rings. The first kappa shape index (κ1) is 25.9. The van der Waals surface area contributed by atoms with Crippen LogP contribution in [0.15, 0.2) is 83.5 Å². The first-order valence-corrected chi connectivity index (χ1v) is 12.2. The summed E-state index contributed by atoms with van der Waals surface area (Å²) in [5, 5.41) is 2.68. The zero-order chi connectivity index (χ0) is 26.5. The van der Waals surface area contributed by atoms with E-state index >= 15 is 0 Å². The van der Waals surface area contributed by atoms with E-state index in [2.05, 4.69) is 12.2 Å². The van der Waals surface area contributed by atoms with Crippen LogP contribution in [0.4, 0.5) is 11.4 Å². The number of amides is 2. The lowest BCUT2D eigenvalue weighted by Gasteiger charge is -2.15. The fourth-order valence-corrected chi connectivity index (χ4v) is 4.01. The Labute approximate surface area is 219 Å². The lowest BCUT2D eigenvalue weighted by atomic mass is 10.1. The molecule has 0 radical (unpaired) electrons. The maximum absolute atomic E-state index is 13.0. The van der Waals surface area contributed by atoms with E-state index in [1.165, 1.54) is 19.1 Å². The number of nitrogens with one attached hydrogen (secondary N) is 1. The van der Waals surface area contributed by atoms with Crippen molar-refractivity contribution < 1.29 is 23.9 Å². The van der Waals surface area contributed by atoms with Crippen LogP contribution in [0.25, 0.3) is 0 Å². The van der Waals surface area contributed by atoms with E-state index in [1.54, 1.807) is 48.5 Å². The molecule has 37 heavy (non-hydrogen) atoms. The zero-order valence-electron chi connectivity index (χ0n) is 20.4. The molecule has 188 valence electrons. The average molecular weight is 517 g/mol. The van der Waals surface area contributed by atoms with Gasteiger partial charge in [0.2, 0.25) is 0 Å². The molecule has 1 N–H and O–H groups in total. The number of nitrogens with zero attached hydrogens (tertiary/aromatic N) is 1. The standard InChI is InChI=1S/C29H25ClN2O5/c1-3-4-5-19-6-14-23(15-7-19)32-27(34)25(30)26(28(32)35)31-22-12-8-21(9-13-22)29(36)37-24-16-10-20(11-17-24)18(2)33/h6-17,31H,3-5H2,1-2H3. The van der Waals surface area contributed by atoms with Gasteiger partial charge in [-0.1, -0.05) is 37.1 Å². The predicted molar refractivity (Wildman–Crippen MR) is 142 cm³/mol. The number of ether oxygens (including phenoxy) is 1. The second-order valence-corrected chi connectivity index (χ2v) is 8.96. The number of anilines is 2. The lowest BCUT2D eigenvalue weighted by molar-refractivity contribution is -0.120. The van der Waals surface area contributed by atoms with Gasteiger partial charge < -0.3 is 10.1 Å². The fraction of sp³-hybridized carbons (Fsp3) is 0.172. The van der Waals surface area contributed by atoms with Gasteiger partial charge in [-0.25, -0.2) is 9.69 Å². The molecular weight excluding hydrogens is 492 g/mol. The fourth-order valence-electron chi connectivity index (χ4n) is 3.80. The minimum atomic E-state index is -0.605. The summed E-state index contributed by atoms with van der Waals surface area (Å²) in [5.74, 6) is -1.52. The van der Waals surface area contributed by atoms with E-state index in [1.807, 2.05) is 12.1 Å². The number of hydrogen-bond acceptors (Lipinski definition) is 6. The molecular formula is C29H25ClN2O5. The van der Waals surface area contributed by atoms with Crippen LogP contribution in [0.3, 0.4) is 0 Å². The average Bonchev–Trinajstić information content (AvgIpc) is 3.11. The first-order valence-electron chi connectivity index (χ1n) is 11.9. The Bertz CT molecular complexity index is 1380. The van der Waals surface area contributed by atoms with Crippen LogP contribution in [0.1, 0.15) is 53.0 Å². The number of halogens is 1. The van der Waals surface area contributed by atoms with E-state index in [0.717, 1.165) is 29.7 Å². The highest BCUT2D eigenvalue weighted by molar-refractivity contribution is 6.53. The van der Waals surface area contributed by atoms with E-state index in [-0.39, 0.29) is 22.1 Å². The smallest absolute Gasteiger partial charge is 0.343 e. The largest absolute Gasteiger partial charge is 0.423 e. The van der Waals surface area contributed by atoms with Crippen molar-refractivity contribution in [3.63, 3.8) is 0 Å². The van der Waals surface area contributed by atoms with Crippen LogP contribution in [-0.2, 0) is 16.0 Å². The number of unbranched alkanes of at least 4 members (excludes halogenated alkanes) is 1. The SMILES string of the molecule is CCCCc1ccc(N2C(=O)C(Cl)=C(Nc3ccc(C(=O)Oc4ccc(C(C)=O)cc4)cc3)C2=O)cc1. The number of hydrogen-bond donors (Lipinski definition) is 1. The Morgan fingerprint density at radius 2 is 1.49 bits per heavy atom. The van der Waals surface area contributed by atoms with Gasteiger partial charge in [0, 0.05) is 11.3 Å². The van der Waals surface area contributed by atoms with Crippen molar-refractivity contribution in [2.24, 2.45) is 0 Å². The van der Waals surface area contributed by atoms with Gasteiger partial charge in [0.05, 0.1) is 11.3 Å². The molecule has 7 nitrogen and oxygen atoms in total. The van der Waals surface area contributed by atoms with Gasteiger partial charge in [-0.15, -0.1) is 0 Å². The molecule has 0 atom stereocenters. The molecule has 0 spiro atoms. The molecule has 8 heteroatoms. The molecule has 0 aromatic heterocycles. The summed E-state index contributed by atoms with van der Waals surface area (Å²) in [6, 6.07) is 19.8. The number of imide groups is 1. The molecule has 2 amide bonds. The van der Waals surface area contributed by atoms with Gasteiger partial charge in [-0.05, 0) is 86.0 Å². The van der Waals surface area contributed by atoms with Crippen LogP contribution in [0, 0.1) is 0 Å². The van der Waals surface area contributed by atoms with Crippen molar-refractivity contribution in [3.8, 4) is 5.75 Å². The number of aryl methyl sites for hydroxylation is 1. The summed E-state index contributed by atoms with van der Waals surface area (Å²) in [4.78, 5) is 50.7. The van der Waals surface area contributed by atoms with Crippen LogP contribution in [-0.4, -0.2) is 23.6 Å². The van der Waals surface area contributed by atoms with Gasteiger partial charge in [-0.2, -0.15) is 0 Å². The number of carbonyl (C=O) groups excluding carboxylic acids is 4. The molecule has 1 aliphatic heterocycles. The Hall–Kier alpha value is -4.23. The molecule has 0 unspecified atom stereocenters. The minimum Gasteiger partial charge on any atom is -0.423 e. The summed E-state index contributed by atoms with van der Waals surface area (Å²) in [6.07, 6.45) is 3.07. The Morgan fingerprint density at radius 1 is 0.865 bits per heavy atom. The summed E-state index contributed by atoms with van der Waals surface area (Å²) >= 11 is 6.23. The van der Waals surface area contributed by atoms with E-state index in [0.29, 0.717) is 22.7 Å². The van der Waals surface area contributed by atoms with Crippen LogP contribution >= 0.6 is 11.6 Å². The molecule has 1 aliphatic rings. The predicted octanol–water partition coefficient (Wildman–Crippen LogP) is 5.89. The van der Waals surface area contributed by atoms with Crippen molar-refractivity contribution in [1.82, 2.24) is 0 Å². The van der Waals surface area contributed by atoms with E-state index < -0.39 is 17.8 Å². The third-order valence-electron chi connectivity index (χ3n) is 5.90. The van der Waals surface area contributed by atoms with Gasteiger partial charge in [0.15, 0.2) is 5.78 Å². The Kier molecular flexibility index (Phi) is 7.84. The van der Waals surface area contributed by atoms with Crippen LogP contribution < -0.4 is 15.0 Å². The third kappa shape index (κ3) is 5.78. The Balaban J connectivity index is 1.42. The minimum absolute atomic E-state index is 0.0392. The van der Waals surface area contributed by atoms with Crippen LogP contribution in [0.2, 0.25) is 0 Å². The summed E-state index contributed by atoms with van der Waals surface area (Å²) in [6.45, 7) is 3.58. The maximum atomic E-state index is 13.0. The molecule has 1 heterocycles. The number of benzene rings is 3. The number of ketones is 1. The topological polar surface area (TPSA) is 92.8 Å². The summed E-state index contributed by atoms with van der Waals surface area (Å²) in [5.41, 5.74) is 2.80. The molecule has 3 aromatic rings. The second-order valence-electron chi connectivity index (χ2n) is 8.58. The van der Waals surface area contributed by atoms with E-state index in [4.69, 9.17) is 16.3 Å².